The van der Waals surface area contributed by atoms with E-state index in [2.05, 4.69) is 22.9 Å². The lowest BCUT2D eigenvalue weighted by Crippen LogP contribution is -2.49. The molecule has 1 aliphatic heterocycles. The minimum absolute atomic E-state index is 0.0120. The number of aryl methyl sites for hydroxylation is 1. The van der Waals surface area contributed by atoms with Gasteiger partial charge in [0.2, 0.25) is 0 Å². The summed E-state index contributed by atoms with van der Waals surface area (Å²) in [5.74, 6) is 1.79. The van der Waals surface area contributed by atoms with E-state index in [1.54, 1.807) is 12.1 Å². The van der Waals surface area contributed by atoms with Crippen molar-refractivity contribution in [1.82, 2.24) is 14.9 Å². The standard InChI is InChI=1S/C21H21ClN4O/c1-2-19-23-18-10-6-4-8-16(18)20(24-19)25-11-13-26(14-12-25)21(27)15-7-3-5-9-17(15)22/h3-10H,2,11-14H2,1H3. The van der Waals surface area contributed by atoms with E-state index in [1.807, 2.05) is 35.2 Å². The second-order valence-corrected chi connectivity index (χ2v) is 7.00. The Labute approximate surface area is 163 Å². The third-order valence-electron chi connectivity index (χ3n) is 4.92. The molecule has 5 nitrogen and oxygen atoms in total. The highest BCUT2D eigenvalue weighted by Crippen LogP contribution is 2.26. The number of halogens is 1. The third kappa shape index (κ3) is 3.47. The Kier molecular flexibility index (Phi) is 4.94. The second kappa shape index (κ2) is 7.53. The van der Waals surface area contributed by atoms with Crippen molar-refractivity contribution in [3.63, 3.8) is 0 Å². The molecule has 1 aromatic heterocycles. The van der Waals surface area contributed by atoms with Crippen LogP contribution in [0.25, 0.3) is 10.9 Å². The van der Waals surface area contributed by atoms with Crippen molar-refractivity contribution in [2.45, 2.75) is 13.3 Å². The molecule has 6 heteroatoms. The molecule has 0 bridgehead atoms. The molecular formula is C21H21ClN4O. The van der Waals surface area contributed by atoms with Crippen LogP contribution in [0.2, 0.25) is 5.02 Å². The van der Waals surface area contributed by atoms with Gasteiger partial charge in [-0.05, 0) is 24.3 Å². The van der Waals surface area contributed by atoms with Gasteiger partial charge in [-0.1, -0.05) is 42.8 Å². The molecule has 2 heterocycles. The van der Waals surface area contributed by atoms with Gasteiger partial charge >= 0.3 is 0 Å². The number of carbonyl (C=O) groups is 1. The van der Waals surface area contributed by atoms with E-state index in [0.717, 1.165) is 42.1 Å². The molecule has 0 N–H and O–H groups in total. The van der Waals surface area contributed by atoms with Crippen molar-refractivity contribution in [3.05, 3.63) is 64.9 Å². The van der Waals surface area contributed by atoms with Crippen LogP contribution >= 0.6 is 11.6 Å². The Balaban J connectivity index is 1.55. The highest BCUT2D eigenvalue weighted by Gasteiger charge is 2.25. The lowest BCUT2D eigenvalue weighted by atomic mass is 10.1. The fourth-order valence-electron chi connectivity index (χ4n) is 3.43. The van der Waals surface area contributed by atoms with Crippen molar-refractivity contribution in [1.29, 1.82) is 0 Å². The summed E-state index contributed by atoms with van der Waals surface area (Å²) in [7, 11) is 0. The van der Waals surface area contributed by atoms with Gasteiger partial charge in [-0.15, -0.1) is 0 Å². The molecular weight excluding hydrogens is 360 g/mol. The monoisotopic (exact) mass is 380 g/mol. The average molecular weight is 381 g/mol. The number of nitrogens with zero attached hydrogens (tertiary/aromatic N) is 4. The van der Waals surface area contributed by atoms with E-state index >= 15 is 0 Å². The van der Waals surface area contributed by atoms with Crippen LogP contribution in [0.5, 0.6) is 0 Å². The van der Waals surface area contributed by atoms with Gasteiger partial charge in [0.05, 0.1) is 16.1 Å². The molecule has 1 fully saturated rings. The molecule has 4 rings (SSSR count). The van der Waals surface area contributed by atoms with E-state index in [-0.39, 0.29) is 5.91 Å². The van der Waals surface area contributed by atoms with Gasteiger partial charge in [-0.25, -0.2) is 9.97 Å². The van der Waals surface area contributed by atoms with Gasteiger partial charge in [-0.2, -0.15) is 0 Å². The number of hydrogen-bond acceptors (Lipinski definition) is 4. The summed E-state index contributed by atoms with van der Waals surface area (Å²) >= 11 is 6.19. The zero-order valence-corrected chi connectivity index (χ0v) is 16.0. The highest BCUT2D eigenvalue weighted by molar-refractivity contribution is 6.33. The van der Waals surface area contributed by atoms with Crippen LogP contribution in [-0.2, 0) is 6.42 Å². The van der Waals surface area contributed by atoms with E-state index in [1.165, 1.54) is 0 Å². The van der Waals surface area contributed by atoms with E-state index in [0.29, 0.717) is 23.7 Å². The summed E-state index contributed by atoms with van der Waals surface area (Å²) in [6.45, 7) is 4.82. The lowest BCUT2D eigenvalue weighted by molar-refractivity contribution is 0.0747. The van der Waals surface area contributed by atoms with Crippen molar-refractivity contribution in [2.24, 2.45) is 0 Å². The Morgan fingerprint density at radius 1 is 1.00 bits per heavy atom. The van der Waals surface area contributed by atoms with Crippen molar-refractivity contribution >= 4 is 34.2 Å². The number of anilines is 1. The van der Waals surface area contributed by atoms with E-state index < -0.39 is 0 Å². The molecule has 0 aliphatic carbocycles. The SMILES string of the molecule is CCc1nc(N2CCN(C(=O)c3ccccc3Cl)CC2)c2ccccc2n1. The van der Waals surface area contributed by atoms with Gasteiger partial charge < -0.3 is 9.80 Å². The molecule has 0 radical (unpaired) electrons. The number of carbonyl (C=O) groups excluding carboxylic acids is 1. The number of piperazine rings is 1. The quantitative estimate of drug-likeness (QED) is 0.693. The first-order chi connectivity index (χ1) is 13.2. The van der Waals surface area contributed by atoms with Gasteiger partial charge in [0, 0.05) is 38.0 Å². The maximum absolute atomic E-state index is 12.8. The summed E-state index contributed by atoms with van der Waals surface area (Å²) < 4.78 is 0. The molecule has 138 valence electrons. The molecule has 0 spiro atoms. The van der Waals surface area contributed by atoms with Crippen molar-refractivity contribution in [2.75, 3.05) is 31.1 Å². The Morgan fingerprint density at radius 2 is 1.70 bits per heavy atom. The Morgan fingerprint density at radius 3 is 2.44 bits per heavy atom. The summed E-state index contributed by atoms with van der Waals surface area (Å²) in [6, 6.07) is 15.3. The molecule has 0 unspecified atom stereocenters. The topological polar surface area (TPSA) is 49.3 Å². The normalized spacial score (nSPS) is 14.6. The maximum atomic E-state index is 12.8. The number of aromatic nitrogens is 2. The number of fused-ring (bicyclic) bond motifs is 1. The van der Waals surface area contributed by atoms with Gasteiger partial charge in [-0.3, -0.25) is 4.79 Å². The molecule has 0 atom stereocenters. The number of hydrogen-bond donors (Lipinski definition) is 0. The van der Waals surface area contributed by atoms with Crippen molar-refractivity contribution < 1.29 is 4.79 Å². The summed E-state index contributed by atoms with van der Waals surface area (Å²) in [5.41, 5.74) is 1.53. The highest BCUT2D eigenvalue weighted by atomic mass is 35.5. The number of benzene rings is 2. The van der Waals surface area contributed by atoms with E-state index in [4.69, 9.17) is 16.6 Å². The zero-order chi connectivity index (χ0) is 18.8. The first-order valence-electron chi connectivity index (χ1n) is 9.22. The summed E-state index contributed by atoms with van der Waals surface area (Å²) in [6.07, 6.45) is 0.794. The fourth-order valence-corrected chi connectivity index (χ4v) is 3.65. The van der Waals surface area contributed by atoms with Crippen LogP contribution in [-0.4, -0.2) is 47.0 Å². The van der Waals surface area contributed by atoms with Crippen LogP contribution in [0.15, 0.2) is 48.5 Å². The minimum Gasteiger partial charge on any atom is -0.352 e. The largest absolute Gasteiger partial charge is 0.352 e. The van der Waals surface area contributed by atoms with Gasteiger partial charge in [0.25, 0.3) is 5.91 Å². The molecule has 2 aromatic carbocycles. The predicted octanol–water partition coefficient (Wildman–Crippen LogP) is 3.81. The average Bonchev–Trinajstić information content (AvgIpc) is 2.73. The smallest absolute Gasteiger partial charge is 0.255 e. The minimum atomic E-state index is -0.0120. The maximum Gasteiger partial charge on any atom is 0.255 e. The summed E-state index contributed by atoms with van der Waals surface area (Å²) in [5, 5.41) is 1.56. The zero-order valence-electron chi connectivity index (χ0n) is 15.2. The second-order valence-electron chi connectivity index (χ2n) is 6.59. The molecule has 27 heavy (non-hydrogen) atoms. The van der Waals surface area contributed by atoms with Crippen LogP contribution in [0, 0.1) is 0 Å². The summed E-state index contributed by atoms with van der Waals surface area (Å²) in [4.78, 5) is 26.3. The van der Waals surface area contributed by atoms with Crippen LogP contribution < -0.4 is 4.90 Å². The molecule has 3 aromatic rings. The van der Waals surface area contributed by atoms with Crippen LogP contribution in [0.1, 0.15) is 23.1 Å². The number of para-hydroxylation sites is 1. The van der Waals surface area contributed by atoms with Crippen LogP contribution in [0.4, 0.5) is 5.82 Å². The lowest BCUT2D eigenvalue weighted by Gasteiger charge is -2.36. The molecule has 1 amide bonds. The van der Waals surface area contributed by atoms with Gasteiger partial charge in [0.1, 0.15) is 11.6 Å². The number of rotatable bonds is 3. The molecule has 0 saturated carbocycles. The van der Waals surface area contributed by atoms with Gasteiger partial charge in [0.15, 0.2) is 0 Å². The molecule has 1 saturated heterocycles. The first kappa shape index (κ1) is 17.7. The Bertz CT molecular complexity index is 983. The Hall–Kier alpha value is -2.66. The molecule has 1 aliphatic rings. The van der Waals surface area contributed by atoms with Crippen molar-refractivity contribution in [3.8, 4) is 0 Å². The number of amides is 1. The third-order valence-corrected chi connectivity index (χ3v) is 5.25. The predicted molar refractivity (Wildman–Crippen MR) is 108 cm³/mol. The first-order valence-corrected chi connectivity index (χ1v) is 9.59. The fraction of sp³-hybridized carbons (Fsp3) is 0.286. The van der Waals surface area contributed by atoms with Crippen LogP contribution in [0.3, 0.4) is 0 Å². The van der Waals surface area contributed by atoms with E-state index in [9.17, 15) is 4.79 Å².